The Morgan fingerprint density at radius 1 is 1.33 bits per heavy atom. The number of benzene rings is 1. The second-order valence-electron chi connectivity index (χ2n) is 3.96. The summed E-state index contributed by atoms with van der Waals surface area (Å²) in [7, 11) is 1.64. The van der Waals surface area contributed by atoms with E-state index in [4.69, 9.17) is 4.74 Å². The number of hydrogen-bond acceptors (Lipinski definition) is 3. The van der Waals surface area contributed by atoms with Crippen molar-refractivity contribution in [2.45, 2.75) is 18.9 Å². The first-order valence-electron chi connectivity index (χ1n) is 5.14. The Morgan fingerprint density at radius 2 is 2.00 bits per heavy atom. The molecule has 0 aromatic heterocycles. The van der Waals surface area contributed by atoms with Crippen LogP contribution in [-0.2, 0) is 4.74 Å². The van der Waals surface area contributed by atoms with Crippen LogP contribution in [0.2, 0.25) is 0 Å². The van der Waals surface area contributed by atoms with Gasteiger partial charge in [-0.2, -0.15) is 0 Å². The summed E-state index contributed by atoms with van der Waals surface area (Å²) < 4.78 is 4.94. The fourth-order valence-corrected chi connectivity index (χ4v) is 1.26. The summed E-state index contributed by atoms with van der Waals surface area (Å²) in [6.45, 7) is 2.91. The molecule has 15 heavy (non-hydrogen) atoms. The predicted octanol–water partition coefficient (Wildman–Crippen LogP) is 1.89. The highest BCUT2D eigenvalue weighted by atomic mass is 16.5. The Labute approximate surface area is 91.1 Å². The van der Waals surface area contributed by atoms with Crippen LogP contribution in [-0.4, -0.2) is 31.0 Å². The van der Waals surface area contributed by atoms with Crippen LogP contribution in [0.25, 0.3) is 0 Å². The lowest BCUT2D eigenvalue weighted by Crippen LogP contribution is -2.34. The van der Waals surface area contributed by atoms with Crippen LogP contribution in [0.1, 0.15) is 13.3 Å². The van der Waals surface area contributed by atoms with E-state index in [-0.39, 0.29) is 0 Å². The zero-order valence-electron chi connectivity index (χ0n) is 9.36. The molecule has 0 aliphatic carbocycles. The lowest BCUT2D eigenvalue weighted by atomic mass is 10.0. The van der Waals surface area contributed by atoms with Gasteiger partial charge in [0, 0.05) is 32.4 Å². The smallest absolute Gasteiger partial charge is 0.0813 e. The van der Waals surface area contributed by atoms with Crippen molar-refractivity contribution in [2.24, 2.45) is 0 Å². The molecule has 0 aliphatic rings. The lowest BCUT2D eigenvalue weighted by molar-refractivity contribution is 0.0357. The number of methoxy groups -OCH3 is 1. The second-order valence-corrected chi connectivity index (χ2v) is 3.96. The number of nitrogens with one attached hydrogen (secondary N) is 1. The minimum absolute atomic E-state index is 0.528. The van der Waals surface area contributed by atoms with Crippen LogP contribution in [0.3, 0.4) is 0 Å². The maximum absolute atomic E-state index is 9.96. The first-order chi connectivity index (χ1) is 7.14. The molecule has 0 saturated carbocycles. The molecule has 1 rings (SSSR count). The fraction of sp³-hybridized carbons (Fsp3) is 0.500. The van der Waals surface area contributed by atoms with E-state index in [0.29, 0.717) is 19.6 Å². The molecule has 1 unspecified atom stereocenters. The zero-order valence-corrected chi connectivity index (χ0v) is 9.36. The number of aliphatic hydroxyl groups is 1. The van der Waals surface area contributed by atoms with E-state index in [1.165, 1.54) is 0 Å². The summed E-state index contributed by atoms with van der Waals surface area (Å²) in [6.07, 6.45) is 0.628. The fourth-order valence-electron chi connectivity index (χ4n) is 1.26. The highest BCUT2D eigenvalue weighted by Gasteiger charge is 2.19. The SMILES string of the molecule is COCCC(C)(O)CNc1ccccc1. The number of hydrogen-bond donors (Lipinski definition) is 2. The lowest BCUT2D eigenvalue weighted by Gasteiger charge is -2.23. The molecular weight excluding hydrogens is 190 g/mol. The highest BCUT2D eigenvalue weighted by molar-refractivity contribution is 5.42. The molecular formula is C12H19NO2. The second kappa shape index (κ2) is 5.73. The molecule has 2 N–H and O–H groups in total. The Morgan fingerprint density at radius 3 is 2.60 bits per heavy atom. The van der Waals surface area contributed by atoms with E-state index in [0.717, 1.165) is 5.69 Å². The summed E-state index contributed by atoms with van der Waals surface area (Å²) in [5.74, 6) is 0. The van der Waals surface area contributed by atoms with Gasteiger partial charge in [-0.25, -0.2) is 0 Å². The monoisotopic (exact) mass is 209 g/mol. The molecule has 3 nitrogen and oxygen atoms in total. The summed E-state index contributed by atoms with van der Waals surface area (Å²) in [5, 5.41) is 13.2. The molecule has 0 amide bonds. The van der Waals surface area contributed by atoms with Crippen LogP contribution in [0.5, 0.6) is 0 Å². The van der Waals surface area contributed by atoms with Gasteiger partial charge in [0.05, 0.1) is 5.60 Å². The van der Waals surface area contributed by atoms with Gasteiger partial charge in [-0.1, -0.05) is 18.2 Å². The number of rotatable bonds is 6. The molecule has 0 radical (unpaired) electrons. The summed E-state index contributed by atoms with van der Waals surface area (Å²) in [5.41, 5.74) is 0.293. The number of ether oxygens (including phenoxy) is 1. The highest BCUT2D eigenvalue weighted by Crippen LogP contribution is 2.12. The van der Waals surface area contributed by atoms with Gasteiger partial charge < -0.3 is 15.2 Å². The average Bonchev–Trinajstić information content (AvgIpc) is 2.25. The maximum atomic E-state index is 9.96. The van der Waals surface area contributed by atoms with Crippen molar-refractivity contribution in [1.82, 2.24) is 0 Å². The minimum Gasteiger partial charge on any atom is -0.388 e. The number of para-hydroxylation sites is 1. The van der Waals surface area contributed by atoms with Crippen molar-refractivity contribution in [3.8, 4) is 0 Å². The molecule has 0 fully saturated rings. The van der Waals surface area contributed by atoms with Gasteiger partial charge in [0.2, 0.25) is 0 Å². The largest absolute Gasteiger partial charge is 0.388 e. The molecule has 3 heteroatoms. The normalized spacial score (nSPS) is 14.6. The first-order valence-corrected chi connectivity index (χ1v) is 5.14. The third-order valence-corrected chi connectivity index (χ3v) is 2.29. The van der Waals surface area contributed by atoms with Crippen molar-refractivity contribution < 1.29 is 9.84 Å². The maximum Gasteiger partial charge on any atom is 0.0813 e. The average molecular weight is 209 g/mol. The minimum atomic E-state index is -0.730. The molecule has 0 spiro atoms. The third-order valence-electron chi connectivity index (χ3n) is 2.29. The van der Waals surface area contributed by atoms with E-state index in [1.54, 1.807) is 7.11 Å². The molecule has 1 aromatic carbocycles. The molecule has 1 atom stereocenters. The van der Waals surface area contributed by atoms with E-state index in [2.05, 4.69) is 5.32 Å². The van der Waals surface area contributed by atoms with Crippen LogP contribution in [0.15, 0.2) is 30.3 Å². The molecule has 0 heterocycles. The van der Waals surface area contributed by atoms with Crippen molar-refractivity contribution in [1.29, 1.82) is 0 Å². The molecule has 0 bridgehead atoms. The van der Waals surface area contributed by atoms with Gasteiger partial charge in [0.1, 0.15) is 0 Å². The third kappa shape index (κ3) is 4.81. The van der Waals surface area contributed by atoms with Crippen LogP contribution >= 0.6 is 0 Å². The topological polar surface area (TPSA) is 41.5 Å². The van der Waals surface area contributed by atoms with Crippen molar-refractivity contribution >= 4 is 5.69 Å². The Bertz CT molecular complexity index is 272. The zero-order chi connectivity index (χ0) is 11.1. The van der Waals surface area contributed by atoms with Gasteiger partial charge in [-0.05, 0) is 19.1 Å². The quantitative estimate of drug-likeness (QED) is 0.751. The number of anilines is 1. The van der Waals surface area contributed by atoms with Crippen LogP contribution < -0.4 is 5.32 Å². The first kappa shape index (κ1) is 12.0. The van der Waals surface area contributed by atoms with Crippen LogP contribution in [0, 0.1) is 0 Å². The van der Waals surface area contributed by atoms with Gasteiger partial charge >= 0.3 is 0 Å². The Kier molecular flexibility index (Phi) is 4.59. The molecule has 0 saturated heterocycles. The standard InChI is InChI=1S/C12H19NO2/c1-12(14,8-9-15-2)10-13-11-6-4-3-5-7-11/h3-7,13-14H,8-10H2,1-2H3. The van der Waals surface area contributed by atoms with Crippen molar-refractivity contribution in [3.05, 3.63) is 30.3 Å². The summed E-state index contributed by atoms with van der Waals surface area (Å²) >= 11 is 0. The van der Waals surface area contributed by atoms with Gasteiger partial charge in [-0.15, -0.1) is 0 Å². The van der Waals surface area contributed by atoms with Crippen molar-refractivity contribution in [3.63, 3.8) is 0 Å². The Balaban J connectivity index is 2.35. The van der Waals surface area contributed by atoms with Crippen molar-refractivity contribution in [2.75, 3.05) is 25.6 Å². The molecule has 1 aromatic rings. The molecule has 84 valence electrons. The Hall–Kier alpha value is -1.06. The predicted molar refractivity (Wildman–Crippen MR) is 62.0 cm³/mol. The van der Waals surface area contributed by atoms with E-state index in [9.17, 15) is 5.11 Å². The van der Waals surface area contributed by atoms with E-state index < -0.39 is 5.60 Å². The van der Waals surface area contributed by atoms with E-state index in [1.807, 2.05) is 37.3 Å². The van der Waals surface area contributed by atoms with Gasteiger partial charge in [0.25, 0.3) is 0 Å². The van der Waals surface area contributed by atoms with E-state index >= 15 is 0 Å². The van der Waals surface area contributed by atoms with Gasteiger partial charge in [0.15, 0.2) is 0 Å². The van der Waals surface area contributed by atoms with Gasteiger partial charge in [-0.3, -0.25) is 0 Å². The molecule has 0 aliphatic heterocycles. The summed E-state index contributed by atoms with van der Waals surface area (Å²) in [4.78, 5) is 0. The summed E-state index contributed by atoms with van der Waals surface area (Å²) in [6, 6.07) is 9.85. The van der Waals surface area contributed by atoms with Crippen LogP contribution in [0.4, 0.5) is 5.69 Å².